The van der Waals surface area contributed by atoms with Crippen LogP contribution in [0.1, 0.15) is 67.2 Å². The van der Waals surface area contributed by atoms with Gasteiger partial charge in [-0.2, -0.15) is 0 Å². The van der Waals surface area contributed by atoms with Crippen LogP contribution in [-0.4, -0.2) is 42.9 Å². The SMILES string of the molecule is BC(CC)(CC(C)O)OC(C)CC(C)(CC)OCC. The molecule has 0 radical (unpaired) electrons. The molecular weight excluding hydrogens is 239 g/mol. The lowest BCUT2D eigenvalue weighted by Crippen LogP contribution is -2.42. The molecule has 0 aromatic heterocycles. The van der Waals surface area contributed by atoms with Crippen molar-refractivity contribution in [2.24, 2.45) is 0 Å². The van der Waals surface area contributed by atoms with Crippen molar-refractivity contribution in [2.75, 3.05) is 6.61 Å². The molecule has 0 saturated heterocycles. The first-order valence-corrected chi connectivity index (χ1v) is 7.70. The summed E-state index contributed by atoms with van der Waals surface area (Å²) in [4.78, 5) is 0. The fraction of sp³-hybridized carbons (Fsp3) is 1.00. The molecule has 1 N–H and O–H groups in total. The first kappa shape index (κ1) is 18.9. The van der Waals surface area contributed by atoms with Gasteiger partial charge in [0.1, 0.15) is 7.85 Å². The van der Waals surface area contributed by atoms with Crippen molar-refractivity contribution in [3.05, 3.63) is 0 Å². The van der Waals surface area contributed by atoms with Crippen LogP contribution in [0.5, 0.6) is 0 Å². The quantitative estimate of drug-likeness (QED) is 0.621. The minimum Gasteiger partial charge on any atom is -0.393 e. The predicted octanol–water partition coefficient (Wildman–Crippen LogP) is 2.50. The molecule has 0 aliphatic heterocycles. The minimum absolute atomic E-state index is 0.117. The smallest absolute Gasteiger partial charge is 0.143 e. The van der Waals surface area contributed by atoms with Crippen molar-refractivity contribution >= 4 is 7.85 Å². The van der Waals surface area contributed by atoms with Crippen molar-refractivity contribution in [3.8, 4) is 0 Å². The maximum absolute atomic E-state index is 9.59. The summed E-state index contributed by atoms with van der Waals surface area (Å²) in [6, 6.07) is 0. The average molecular weight is 272 g/mol. The van der Waals surface area contributed by atoms with Crippen molar-refractivity contribution in [2.45, 2.75) is 90.5 Å². The first-order chi connectivity index (χ1) is 8.70. The lowest BCUT2D eigenvalue weighted by molar-refractivity contribution is -0.106. The molecule has 114 valence electrons. The van der Waals surface area contributed by atoms with Gasteiger partial charge in [0.15, 0.2) is 0 Å². The molecule has 0 aromatic carbocycles. The third-order valence-electron chi connectivity index (χ3n) is 3.92. The highest BCUT2D eigenvalue weighted by Gasteiger charge is 2.31. The van der Waals surface area contributed by atoms with E-state index in [2.05, 4.69) is 35.5 Å². The van der Waals surface area contributed by atoms with Crippen LogP contribution in [-0.2, 0) is 9.47 Å². The number of aliphatic hydroxyl groups excluding tert-OH is 1. The summed E-state index contributed by atoms with van der Waals surface area (Å²) >= 11 is 0. The largest absolute Gasteiger partial charge is 0.393 e. The fourth-order valence-electron chi connectivity index (χ4n) is 2.69. The van der Waals surface area contributed by atoms with E-state index >= 15 is 0 Å². The molecule has 0 aromatic rings. The van der Waals surface area contributed by atoms with E-state index in [0.29, 0.717) is 6.42 Å². The van der Waals surface area contributed by atoms with Gasteiger partial charge >= 0.3 is 0 Å². The van der Waals surface area contributed by atoms with Gasteiger partial charge in [-0.25, -0.2) is 0 Å². The normalized spacial score (nSPS) is 21.4. The third kappa shape index (κ3) is 7.33. The van der Waals surface area contributed by atoms with E-state index in [0.717, 1.165) is 25.9 Å². The zero-order valence-electron chi connectivity index (χ0n) is 14.0. The van der Waals surface area contributed by atoms with Crippen molar-refractivity contribution < 1.29 is 14.6 Å². The number of aliphatic hydroxyl groups is 1. The maximum Gasteiger partial charge on any atom is 0.143 e. The van der Waals surface area contributed by atoms with Crippen molar-refractivity contribution in [1.82, 2.24) is 0 Å². The molecule has 0 rings (SSSR count). The van der Waals surface area contributed by atoms with Crippen LogP contribution >= 0.6 is 0 Å². The van der Waals surface area contributed by atoms with E-state index in [1.807, 2.05) is 13.8 Å². The number of hydrogen-bond donors (Lipinski definition) is 1. The third-order valence-corrected chi connectivity index (χ3v) is 3.92. The molecule has 4 atom stereocenters. The molecule has 0 aliphatic rings. The minimum atomic E-state index is -0.332. The molecule has 0 amide bonds. The van der Waals surface area contributed by atoms with Crippen LogP contribution in [0.2, 0.25) is 0 Å². The molecular formula is C15H33BO3. The topological polar surface area (TPSA) is 38.7 Å². The van der Waals surface area contributed by atoms with Crippen molar-refractivity contribution in [1.29, 1.82) is 0 Å². The Hall–Kier alpha value is -0.0551. The zero-order chi connectivity index (χ0) is 15.1. The highest BCUT2D eigenvalue weighted by atomic mass is 16.5. The van der Waals surface area contributed by atoms with Crippen molar-refractivity contribution in [3.63, 3.8) is 0 Å². The van der Waals surface area contributed by atoms with E-state index in [9.17, 15) is 5.11 Å². The van der Waals surface area contributed by atoms with Crippen LogP contribution in [0.4, 0.5) is 0 Å². The zero-order valence-corrected chi connectivity index (χ0v) is 14.0. The van der Waals surface area contributed by atoms with Gasteiger partial charge in [0, 0.05) is 18.5 Å². The molecule has 4 unspecified atom stereocenters. The fourth-order valence-corrected chi connectivity index (χ4v) is 2.69. The Morgan fingerprint density at radius 3 is 2.05 bits per heavy atom. The van der Waals surface area contributed by atoms with Gasteiger partial charge in [0.25, 0.3) is 0 Å². The molecule has 0 heterocycles. The van der Waals surface area contributed by atoms with Gasteiger partial charge in [-0.15, -0.1) is 0 Å². The lowest BCUT2D eigenvalue weighted by Gasteiger charge is -2.37. The van der Waals surface area contributed by atoms with Gasteiger partial charge < -0.3 is 14.6 Å². The van der Waals surface area contributed by atoms with E-state index < -0.39 is 0 Å². The van der Waals surface area contributed by atoms with Crippen LogP contribution in [0.25, 0.3) is 0 Å². The van der Waals surface area contributed by atoms with Gasteiger partial charge in [0.05, 0.1) is 17.8 Å². The molecule has 0 saturated carbocycles. The second-order valence-electron chi connectivity index (χ2n) is 6.23. The molecule has 0 fully saturated rings. The second kappa shape index (κ2) is 8.28. The number of ether oxygens (including phenoxy) is 2. The molecule has 0 bridgehead atoms. The Kier molecular flexibility index (Phi) is 8.26. The second-order valence-corrected chi connectivity index (χ2v) is 6.23. The Balaban J connectivity index is 4.52. The summed E-state index contributed by atoms with van der Waals surface area (Å²) < 4.78 is 12.1. The molecule has 0 spiro atoms. The summed E-state index contributed by atoms with van der Waals surface area (Å²) in [7, 11) is 2.08. The summed E-state index contributed by atoms with van der Waals surface area (Å²) in [6.45, 7) is 13.1. The molecule has 4 heteroatoms. The van der Waals surface area contributed by atoms with Crippen LogP contribution < -0.4 is 0 Å². The standard InChI is InChI=1S/C15H33BO3/c1-7-14(6,18-9-3)11-13(5)19-15(16,8-2)10-12(4)17/h12-13,17H,7-11,16H2,1-6H3. The van der Waals surface area contributed by atoms with E-state index in [4.69, 9.17) is 9.47 Å². The van der Waals surface area contributed by atoms with Crippen LogP contribution in [0.3, 0.4) is 0 Å². The van der Waals surface area contributed by atoms with E-state index in [1.54, 1.807) is 0 Å². The lowest BCUT2D eigenvalue weighted by atomic mass is 9.74. The Morgan fingerprint density at radius 1 is 1.11 bits per heavy atom. The monoisotopic (exact) mass is 272 g/mol. The van der Waals surface area contributed by atoms with E-state index in [-0.39, 0.29) is 23.3 Å². The number of rotatable bonds is 10. The van der Waals surface area contributed by atoms with Crippen LogP contribution in [0, 0.1) is 0 Å². The predicted molar refractivity (Wildman–Crippen MR) is 83.3 cm³/mol. The Bertz CT molecular complexity index is 248. The summed E-state index contributed by atoms with van der Waals surface area (Å²) in [5, 5.41) is 9.59. The van der Waals surface area contributed by atoms with Gasteiger partial charge in [-0.3, -0.25) is 0 Å². The Morgan fingerprint density at radius 2 is 1.68 bits per heavy atom. The van der Waals surface area contributed by atoms with Gasteiger partial charge in [-0.1, -0.05) is 13.8 Å². The summed E-state index contributed by atoms with van der Waals surface area (Å²) in [5.74, 6) is 0. The number of hydrogen-bond acceptors (Lipinski definition) is 3. The first-order valence-electron chi connectivity index (χ1n) is 7.70. The maximum atomic E-state index is 9.59. The van der Waals surface area contributed by atoms with Gasteiger partial charge in [0.2, 0.25) is 0 Å². The molecule has 3 nitrogen and oxygen atoms in total. The van der Waals surface area contributed by atoms with Crippen LogP contribution in [0.15, 0.2) is 0 Å². The summed E-state index contributed by atoms with van der Waals surface area (Å²) in [5.41, 5.74) is -0.373. The highest BCUT2D eigenvalue weighted by molar-refractivity contribution is 6.14. The molecule has 0 aliphatic carbocycles. The van der Waals surface area contributed by atoms with Gasteiger partial charge in [-0.05, 0) is 47.0 Å². The van der Waals surface area contributed by atoms with E-state index in [1.165, 1.54) is 0 Å². The molecule has 19 heavy (non-hydrogen) atoms. The summed E-state index contributed by atoms with van der Waals surface area (Å²) in [6.07, 6.45) is 3.23. The highest BCUT2D eigenvalue weighted by Crippen LogP contribution is 2.27. The average Bonchev–Trinajstić information content (AvgIpc) is 2.27. The Labute approximate surface area is 120 Å².